The Bertz CT molecular complexity index is 977. The molecule has 132 valence electrons. The molecular formula is C24H24OS. The van der Waals surface area contributed by atoms with Crippen molar-refractivity contribution in [3.05, 3.63) is 96.1 Å². The molecule has 4 rings (SSSR count). The van der Waals surface area contributed by atoms with Crippen molar-refractivity contribution < 1.29 is 4.79 Å². The van der Waals surface area contributed by atoms with Gasteiger partial charge in [-0.25, -0.2) is 8.75 Å². The summed E-state index contributed by atoms with van der Waals surface area (Å²) in [5, 5.41) is 0. The van der Waals surface area contributed by atoms with Crippen molar-refractivity contribution >= 4 is 20.4 Å². The lowest BCUT2D eigenvalue weighted by Gasteiger charge is -2.31. The van der Waals surface area contributed by atoms with Crippen molar-refractivity contribution in [2.75, 3.05) is 11.5 Å². The monoisotopic (exact) mass is 360 g/mol. The topological polar surface area (TPSA) is 17.1 Å². The second kappa shape index (κ2) is 6.37. The van der Waals surface area contributed by atoms with Crippen molar-refractivity contribution in [3.8, 4) is 0 Å². The summed E-state index contributed by atoms with van der Waals surface area (Å²) in [6.07, 6.45) is 1.34. The standard InChI is InChI=1S/C24H24OS/c1-26(18-19-26,22-10-6-3-7-11-22)23-15-13-21(14-16-23)24(25)17-12-20-8-4-2-5-9-20/h2-11,13-16H,1,12,17-19H2. The predicted octanol–water partition coefficient (Wildman–Crippen LogP) is 5.71. The third-order valence-corrected chi connectivity index (χ3v) is 10.4. The van der Waals surface area contributed by atoms with Gasteiger partial charge in [-0.15, -0.1) is 0 Å². The molecule has 0 N–H and O–H groups in total. The third kappa shape index (κ3) is 2.95. The van der Waals surface area contributed by atoms with Crippen LogP contribution >= 0.6 is 8.75 Å². The molecule has 1 saturated heterocycles. The van der Waals surface area contributed by atoms with Crippen molar-refractivity contribution in [3.63, 3.8) is 0 Å². The molecule has 1 heterocycles. The Morgan fingerprint density at radius 1 is 0.769 bits per heavy atom. The van der Waals surface area contributed by atoms with Gasteiger partial charge in [-0.1, -0.05) is 78.7 Å². The van der Waals surface area contributed by atoms with Crippen LogP contribution in [0, 0.1) is 0 Å². The smallest absolute Gasteiger partial charge is 0.163 e. The number of rotatable bonds is 6. The summed E-state index contributed by atoms with van der Waals surface area (Å²) in [6, 6.07) is 29.1. The molecule has 3 aromatic carbocycles. The van der Waals surface area contributed by atoms with Crippen molar-refractivity contribution in [1.82, 2.24) is 0 Å². The lowest BCUT2D eigenvalue weighted by molar-refractivity contribution is 0.0983. The minimum atomic E-state index is -1.90. The number of carbonyl (C=O) groups excluding carboxylic acids is 1. The van der Waals surface area contributed by atoms with Crippen LogP contribution in [0.1, 0.15) is 22.3 Å². The molecule has 1 aliphatic rings. The highest BCUT2D eigenvalue weighted by Gasteiger charge is 2.46. The second-order valence-corrected chi connectivity index (χ2v) is 12.2. The van der Waals surface area contributed by atoms with Gasteiger partial charge in [0, 0.05) is 12.0 Å². The Morgan fingerprint density at radius 2 is 1.31 bits per heavy atom. The van der Waals surface area contributed by atoms with Gasteiger partial charge in [-0.3, -0.25) is 4.79 Å². The number of hydrogen-bond acceptors (Lipinski definition) is 1. The van der Waals surface area contributed by atoms with E-state index in [1.165, 1.54) is 15.4 Å². The van der Waals surface area contributed by atoms with E-state index in [9.17, 15) is 4.79 Å². The van der Waals surface area contributed by atoms with Crippen LogP contribution in [0.5, 0.6) is 0 Å². The molecule has 1 aliphatic heterocycles. The van der Waals surface area contributed by atoms with E-state index in [1.54, 1.807) is 0 Å². The summed E-state index contributed by atoms with van der Waals surface area (Å²) in [6.45, 7) is 0. The van der Waals surface area contributed by atoms with E-state index in [2.05, 4.69) is 54.6 Å². The molecule has 2 heteroatoms. The lowest BCUT2D eigenvalue weighted by atomic mass is 10.0. The summed E-state index contributed by atoms with van der Waals surface area (Å²) < 4.78 is 0. The minimum Gasteiger partial charge on any atom is -0.294 e. The van der Waals surface area contributed by atoms with E-state index in [0.29, 0.717) is 6.42 Å². The molecule has 1 fully saturated rings. The Hall–Kier alpha value is -2.45. The van der Waals surface area contributed by atoms with Gasteiger partial charge in [0.15, 0.2) is 5.78 Å². The van der Waals surface area contributed by atoms with E-state index in [1.807, 2.05) is 30.3 Å². The number of Topliss-reactive ketones (excluding diaryl/α,β-unsaturated/α-hetero) is 1. The highest BCUT2D eigenvalue weighted by Crippen LogP contribution is 2.80. The molecule has 0 atom stereocenters. The zero-order chi connectivity index (χ0) is 18.1. The average Bonchev–Trinajstić information content (AvgIpc) is 3.43. The molecule has 0 saturated carbocycles. The first-order valence-electron chi connectivity index (χ1n) is 9.08. The normalized spacial score (nSPS) is 18.4. The fourth-order valence-corrected chi connectivity index (χ4v) is 7.64. The van der Waals surface area contributed by atoms with Crippen LogP contribution in [-0.2, 0) is 6.42 Å². The van der Waals surface area contributed by atoms with E-state index in [0.717, 1.165) is 23.5 Å². The fraction of sp³-hybridized carbons (Fsp3) is 0.167. The largest absolute Gasteiger partial charge is 0.294 e. The number of benzene rings is 3. The molecule has 0 spiro atoms. The number of carbonyl (C=O) groups is 1. The molecule has 0 unspecified atom stereocenters. The van der Waals surface area contributed by atoms with Gasteiger partial charge >= 0.3 is 0 Å². The maximum atomic E-state index is 12.5. The number of ketones is 1. The van der Waals surface area contributed by atoms with E-state index < -0.39 is 8.75 Å². The number of aryl methyl sites for hydroxylation is 1. The van der Waals surface area contributed by atoms with Gasteiger partial charge in [0.2, 0.25) is 0 Å². The highest BCUT2D eigenvalue weighted by atomic mass is 32.3. The summed E-state index contributed by atoms with van der Waals surface area (Å²) in [4.78, 5) is 15.2. The van der Waals surface area contributed by atoms with Crippen molar-refractivity contribution in [1.29, 1.82) is 0 Å². The molecule has 1 nitrogen and oxygen atoms in total. The quantitative estimate of drug-likeness (QED) is 0.313. The Balaban J connectivity index is 1.52. The third-order valence-electron chi connectivity index (χ3n) is 5.54. The minimum absolute atomic E-state index is 0.209. The Labute approximate surface area is 155 Å². The average molecular weight is 361 g/mol. The molecule has 3 aromatic rings. The zero-order valence-corrected chi connectivity index (χ0v) is 15.8. The predicted molar refractivity (Wildman–Crippen MR) is 113 cm³/mol. The van der Waals surface area contributed by atoms with Crippen LogP contribution in [0.2, 0.25) is 0 Å². The molecule has 0 aliphatic carbocycles. The van der Waals surface area contributed by atoms with E-state index >= 15 is 0 Å². The summed E-state index contributed by atoms with van der Waals surface area (Å²) >= 11 is 0. The first kappa shape index (κ1) is 17.0. The Kier molecular flexibility index (Phi) is 4.16. The molecular weight excluding hydrogens is 336 g/mol. The van der Waals surface area contributed by atoms with Gasteiger partial charge in [0.25, 0.3) is 0 Å². The lowest BCUT2D eigenvalue weighted by Crippen LogP contribution is -2.02. The van der Waals surface area contributed by atoms with Crippen LogP contribution in [0.25, 0.3) is 0 Å². The van der Waals surface area contributed by atoms with Gasteiger partial charge in [-0.2, -0.15) is 0 Å². The van der Waals surface area contributed by atoms with Crippen molar-refractivity contribution in [2.45, 2.75) is 22.6 Å². The molecule has 0 radical (unpaired) electrons. The van der Waals surface area contributed by atoms with Gasteiger partial charge in [0.1, 0.15) is 0 Å². The van der Waals surface area contributed by atoms with Crippen LogP contribution in [0.3, 0.4) is 0 Å². The SMILES string of the molecule is C=S1(c2ccccc2)(c2ccc(C(=O)CCc3ccccc3)cc2)CC1. The van der Waals surface area contributed by atoms with Crippen molar-refractivity contribution in [2.24, 2.45) is 0 Å². The summed E-state index contributed by atoms with van der Waals surface area (Å²) in [7, 11) is -1.90. The Morgan fingerprint density at radius 3 is 1.88 bits per heavy atom. The maximum Gasteiger partial charge on any atom is 0.163 e. The summed E-state index contributed by atoms with van der Waals surface area (Å²) in [5.41, 5.74) is 2.02. The van der Waals surface area contributed by atoms with Gasteiger partial charge < -0.3 is 0 Å². The zero-order valence-electron chi connectivity index (χ0n) is 14.9. The number of hydrogen-bond donors (Lipinski definition) is 0. The van der Waals surface area contributed by atoms with E-state index in [-0.39, 0.29) is 5.78 Å². The van der Waals surface area contributed by atoms with Crippen LogP contribution in [0.4, 0.5) is 0 Å². The van der Waals surface area contributed by atoms with Gasteiger partial charge in [0.05, 0.1) is 0 Å². The first-order valence-corrected chi connectivity index (χ1v) is 11.6. The second-order valence-electron chi connectivity index (χ2n) is 7.23. The van der Waals surface area contributed by atoms with Crippen LogP contribution in [-0.4, -0.2) is 23.2 Å². The van der Waals surface area contributed by atoms with Crippen LogP contribution < -0.4 is 0 Å². The summed E-state index contributed by atoms with van der Waals surface area (Å²) in [5.74, 6) is 7.25. The van der Waals surface area contributed by atoms with E-state index in [4.69, 9.17) is 5.87 Å². The first-order chi connectivity index (χ1) is 12.6. The van der Waals surface area contributed by atoms with Gasteiger partial charge in [-0.05, 0) is 45.4 Å². The highest BCUT2D eigenvalue weighted by molar-refractivity contribution is 8.51. The fourth-order valence-electron chi connectivity index (χ4n) is 3.57. The van der Waals surface area contributed by atoms with Crippen LogP contribution in [0.15, 0.2) is 94.7 Å². The molecule has 0 aromatic heterocycles. The molecule has 0 bridgehead atoms. The molecule has 0 amide bonds. The molecule has 26 heavy (non-hydrogen) atoms. The maximum absolute atomic E-state index is 12.5.